The van der Waals surface area contributed by atoms with Gasteiger partial charge in [0.2, 0.25) is 0 Å². The number of methoxy groups -OCH3 is 4. The summed E-state index contributed by atoms with van der Waals surface area (Å²) in [5.74, 6) is 2.04. The lowest BCUT2D eigenvalue weighted by Crippen LogP contribution is -2.47. The van der Waals surface area contributed by atoms with E-state index in [4.69, 9.17) is 63.2 Å². The standard InChI is InChI=1S/C25H29N3O7S.C19H21N3O4S.C5H8O2.CHCl3/c1-33-21-7-3-19(4-8-21)17-27(18-20-5-9-22(34-2)10-6-20)36(31,32)23-11-14-28(26-23)25(24(29)30)12-15-35-16-13-25;1-25-17-7-3-15(4-8-17)13-22(27(23,24)19-11-12-20-21-19)14-16-5-9-18(26-2)10-6-16;6-5-1-3-7-4-2-5;2-1(3)4/h3-11,14H,12-13,15-18H2,1-2H3,(H,29,30);3-12H,13-14H2,1-2H3,(H,20,21);1-4H2;1H. The molecule has 2 aliphatic heterocycles. The van der Waals surface area contributed by atoms with E-state index in [1.807, 2.05) is 48.5 Å². The van der Waals surface area contributed by atoms with Crippen LogP contribution in [0.1, 0.15) is 47.9 Å². The molecule has 2 saturated heterocycles. The monoisotopic (exact) mass is 1120 g/mol. The van der Waals surface area contributed by atoms with E-state index in [1.165, 1.54) is 37.8 Å². The number of carboxylic acid groups (broad SMARTS) is 1. The molecule has 0 saturated carbocycles. The maximum atomic E-state index is 13.8. The van der Waals surface area contributed by atoms with Crippen molar-refractivity contribution in [3.05, 3.63) is 144 Å². The van der Waals surface area contributed by atoms with E-state index in [2.05, 4.69) is 15.3 Å². The van der Waals surface area contributed by atoms with E-state index in [0.717, 1.165) is 33.8 Å². The van der Waals surface area contributed by atoms with Crippen LogP contribution in [0, 0.1) is 0 Å². The number of carbonyl (C=O) groups is 2. The number of ether oxygens (including phenoxy) is 6. The molecule has 0 aliphatic carbocycles. The van der Waals surface area contributed by atoms with Gasteiger partial charge in [0.1, 0.15) is 28.8 Å². The number of sulfonamides is 2. The number of carbonyl (C=O) groups excluding carboxylic acids is 1. The van der Waals surface area contributed by atoms with E-state index in [0.29, 0.717) is 43.3 Å². The number of benzene rings is 4. The van der Waals surface area contributed by atoms with Crippen molar-refractivity contribution < 1.29 is 60.0 Å². The molecule has 0 spiro atoms. The number of nitrogens with zero attached hydrogens (tertiary/aromatic N) is 5. The number of aromatic nitrogens is 4. The highest BCUT2D eigenvalue weighted by molar-refractivity contribution is 7.89. The number of nitrogens with one attached hydrogen (secondary N) is 1. The topological polar surface area (TPSA) is 231 Å². The van der Waals surface area contributed by atoms with Gasteiger partial charge in [-0.15, -0.1) is 0 Å². The van der Waals surface area contributed by atoms with Gasteiger partial charge < -0.3 is 33.5 Å². The predicted molar refractivity (Wildman–Crippen MR) is 278 cm³/mol. The zero-order valence-corrected chi connectivity index (χ0v) is 45.0. The van der Waals surface area contributed by atoms with Crippen molar-refractivity contribution in [2.75, 3.05) is 54.9 Å². The fourth-order valence-corrected chi connectivity index (χ4v) is 10.0. The van der Waals surface area contributed by atoms with Crippen LogP contribution in [-0.4, -0.2) is 121 Å². The first-order chi connectivity index (χ1) is 35.4. The zero-order valence-electron chi connectivity index (χ0n) is 41.1. The first-order valence-corrected chi connectivity index (χ1v) is 27.0. The number of halogens is 3. The molecular formula is C50H59Cl3N6O13S2. The average molecular weight is 1120 g/mol. The lowest BCUT2D eigenvalue weighted by molar-refractivity contribution is -0.153. The van der Waals surface area contributed by atoms with E-state index in [-0.39, 0.29) is 62.3 Å². The van der Waals surface area contributed by atoms with Gasteiger partial charge in [0.05, 0.1) is 47.8 Å². The third kappa shape index (κ3) is 17.1. The summed E-state index contributed by atoms with van der Waals surface area (Å²) >= 11 is 14.4. The van der Waals surface area contributed by atoms with Crippen LogP contribution in [0.5, 0.6) is 23.0 Å². The van der Waals surface area contributed by atoms with Crippen LogP contribution in [0.2, 0.25) is 0 Å². The normalized spacial score (nSPS) is 14.4. The average Bonchev–Trinajstić information content (AvgIpc) is 4.16. The van der Waals surface area contributed by atoms with Crippen molar-refractivity contribution in [1.29, 1.82) is 0 Å². The second-order valence-corrected chi connectivity index (χ2v) is 22.1. The Balaban J connectivity index is 0.000000233. The SMILES string of the molecule is COc1ccc(CN(Cc2ccc(OC)cc2)S(=O)(=O)c2ccn(C3(C(=O)O)CCOCC3)n2)cc1.COc1ccc(CN(Cc2ccc(OC)cc2)S(=O)(=O)c2ccn[nH]2)cc1.ClC(Cl)Cl.O=C1CCOCC1. The van der Waals surface area contributed by atoms with Crippen molar-refractivity contribution in [2.45, 2.75) is 71.7 Å². The third-order valence-corrected chi connectivity index (χ3v) is 14.9. The van der Waals surface area contributed by atoms with Crippen LogP contribution in [0.25, 0.3) is 0 Å². The Bertz CT molecular complexity index is 2760. The molecule has 400 valence electrons. The van der Waals surface area contributed by atoms with Crippen molar-refractivity contribution in [1.82, 2.24) is 28.6 Å². The van der Waals surface area contributed by atoms with Gasteiger partial charge in [0.15, 0.2) is 19.9 Å². The highest BCUT2D eigenvalue weighted by Gasteiger charge is 2.44. The molecule has 2 aromatic heterocycles. The summed E-state index contributed by atoms with van der Waals surface area (Å²) in [6, 6.07) is 31.7. The highest BCUT2D eigenvalue weighted by Crippen LogP contribution is 2.31. The molecule has 6 aromatic rings. The molecule has 74 heavy (non-hydrogen) atoms. The Kier molecular flexibility index (Phi) is 23.0. The number of hydrogen-bond donors (Lipinski definition) is 2. The molecule has 8 rings (SSSR count). The minimum atomic E-state index is -4.08. The van der Waals surface area contributed by atoms with Gasteiger partial charge in [-0.3, -0.25) is 14.6 Å². The van der Waals surface area contributed by atoms with Crippen LogP contribution in [0.3, 0.4) is 0 Å². The third-order valence-electron chi connectivity index (χ3n) is 11.5. The number of aromatic amines is 1. The predicted octanol–water partition coefficient (Wildman–Crippen LogP) is 8.05. The molecule has 4 aromatic carbocycles. The van der Waals surface area contributed by atoms with Crippen LogP contribution >= 0.6 is 34.8 Å². The summed E-state index contributed by atoms with van der Waals surface area (Å²) in [7, 11) is -1.51. The van der Waals surface area contributed by atoms with Crippen molar-refractivity contribution in [3.8, 4) is 23.0 Å². The lowest BCUT2D eigenvalue weighted by atomic mass is 9.90. The first-order valence-electron chi connectivity index (χ1n) is 22.8. The Hall–Kier alpha value is -5.75. The fraction of sp³-hybridized carbons (Fsp3) is 0.360. The molecule has 0 atom stereocenters. The second-order valence-electron chi connectivity index (χ2n) is 16.3. The molecule has 0 amide bonds. The maximum Gasteiger partial charge on any atom is 0.331 e. The van der Waals surface area contributed by atoms with Crippen molar-refractivity contribution >= 4 is 66.6 Å². The summed E-state index contributed by atoms with van der Waals surface area (Å²) in [6.07, 6.45) is 4.49. The number of hydrogen-bond acceptors (Lipinski definition) is 14. The molecule has 2 fully saturated rings. The Morgan fingerprint density at radius 2 is 1.00 bits per heavy atom. The number of rotatable bonds is 18. The van der Waals surface area contributed by atoms with Crippen LogP contribution in [0.15, 0.2) is 132 Å². The first kappa shape index (κ1) is 59.1. The second kappa shape index (κ2) is 28.8. The zero-order chi connectivity index (χ0) is 53.7. The number of H-pyrrole nitrogens is 1. The number of aliphatic carboxylic acids is 1. The molecule has 2 aliphatic rings. The van der Waals surface area contributed by atoms with Crippen LogP contribution in [0.4, 0.5) is 0 Å². The van der Waals surface area contributed by atoms with Crippen LogP contribution in [-0.2, 0) is 70.8 Å². The Labute approximate surface area is 446 Å². The minimum Gasteiger partial charge on any atom is -0.497 e. The maximum absolute atomic E-state index is 13.8. The van der Waals surface area contributed by atoms with Gasteiger partial charge >= 0.3 is 5.97 Å². The number of alkyl halides is 3. The summed E-state index contributed by atoms with van der Waals surface area (Å²) in [6.45, 7) is 2.41. The smallest absolute Gasteiger partial charge is 0.331 e. The van der Waals surface area contributed by atoms with Gasteiger partial charge in [0.25, 0.3) is 20.0 Å². The number of Topliss-reactive ketones (excluding diaryl/α,β-unsaturated/α-hetero) is 1. The van der Waals surface area contributed by atoms with Crippen LogP contribution < -0.4 is 18.9 Å². The summed E-state index contributed by atoms with van der Waals surface area (Å²) in [5.41, 5.74) is 1.89. The molecule has 24 heteroatoms. The van der Waals surface area contributed by atoms with Gasteiger partial charge in [-0.2, -0.15) is 18.8 Å². The van der Waals surface area contributed by atoms with Gasteiger partial charge in [-0.25, -0.2) is 21.6 Å². The summed E-state index contributed by atoms with van der Waals surface area (Å²) in [4.78, 5) is 22.5. The fourth-order valence-electron chi connectivity index (χ4n) is 7.38. The Morgan fingerprint density at radius 3 is 1.31 bits per heavy atom. The van der Waals surface area contributed by atoms with E-state index < -0.39 is 35.9 Å². The van der Waals surface area contributed by atoms with Gasteiger partial charge in [-0.05, 0) is 82.9 Å². The number of ketones is 1. The molecule has 19 nitrogen and oxygen atoms in total. The Morgan fingerprint density at radius 1 is 0.635 bits per heavy atom. The lowest BCUT2D eigenvalue weighted by Gasteiger charge is -2.33. The molecule has 4 heterocycles. The molecule has 0 radical (unpaired) electrons. The highest BCUT2D eigenvalue weighted by atomic mass is 35.6. The van der Waals surface area contributed by atoms with Crippen molar-refractivity contribution in [3.63, 3.8) is 0 Å². The van der Waals surface area contributed by atoms with Crippen molar-refractivity contribution in [2.24, 2.45) is 0 Å². The molecule has 2 N–H and O–H groups in total. The van der Waals surface area contributed by atoms with E-state index in [9.17, 15) is 31.5 Å². The minimum absolute atomic E-state index is 0.0597. The van der Waals surface area contributed by atoms with E-state index in [1.54, 1.807) is 77.0 Å². The quantitative estimate of drug-likeness (QED) is 0.0776. The largest absolute Gasteiger partial charge is 0.497 e. The van der Waals surface area contributed by atoms with E-state index >= 15 is 0 Å². The van der Waals surface area contributed by atoms with Gasteiger partial charge in [-0.1, -0.05) is 83.3 Å². The molecular weight excluding hydrogens is 1060 g/mol. The number of carboxylic acids is 1. The molecule has 0 unspecified atom stereocenters. The summed E-state index contributed by atoms with van der Waals surface area (Å²) < 4.78 is 87.9. The van der Waals surface area contributed by atoms with Gasteiger partial charge in [0, 0.05) is 71.3 Å². The summed E-state index contributed by atoms with van der Waals surface area (Å²) in [5, 5.41) is 20.4. The molecule has 0 bridgehead atoms.